The van der Waals surface area contributed by atoms with E-state index in [1.165, 1.54) is 10.8 Å². The molecule has 0 bridgehead atoms. The number of aryl methyl sites for hydroxylation is 1. The van der Waals surface area contributed by atoms with Crippen LogP contribution in [0.1, 0.15) is 17.4 Å². The first-order chi connectivity index (χ1) is 8.86. The molecule has 1 aromatic rings. The van der Waals surface area contributed by atoms with Crippen LogP contribution in [0.3, 0.4) is 0 Å². The molecule has 1 atom stereocenters. The number of aliphatic hydroxyl groups excluding tert-OH is 1. The second kappa shape index (κ2) is 6.23. The number of nitrogens with zero attached hydrogens (tertiary/aromatic N) is 2. The van der Waals surface area contributed by atoms with E-state index >= 15 is 0 Å². The third kappa shape index (κ3) is 3.71. The average molecular weight is 277 g/mol. The molecule has 0 aliphatic heterocycles. The number of amides is 1. The first-order valence-electron chi connectivity index (χ1n) is 5.45. The number of carbonyl (C=O) groups excluding carboxylic acids is 1. The Morgan fingerprint density at radius 3 is 2.74 bits per heavy atom. The van der Waals surface area contributed by atoms with Gasteiger partial charge in [0.2, 0.25) is 0 Å². The van der Waals surface area contributed by atoms with Crippen molar-refractivity contribution in [2.24, 2.45) is 0 Å². The Morgan fingerprint density at radius 1 is 1.63 bits per heavy atom. The monoisotopic (exact) mass is 277 g/mol. The zero-order chi connectivity index (χ0) is 14.6. The predicted octanol–water partition coefficient (Wildman–Crippen LogP) is 0.772. The average Bonchev–Trinajstić information content (AvgIpc) is 2.79. The van der Waals surface area contributed by atoms with Crippen molar-refractivity contribution >= 4 is 11.6 Å². The van der Waals surface area contributed by atoms with E-state index in [1.807, 2.05) is 0 Å². The summed E-state index contributed by atoms with van der Waals surface area (Å²) >= 11 is 0. The van der Waals surface area contributed by atoms with Gasteiger partial charge in [-0.2, -0.15) is 0 Å². The number of nitro groups is 1. The molecule has 0 saturated heterocycles. The van der Waals surface area contributed by atoms with Crippen molar-refractivity contribution in [2.75, 3.05) is 6.54 Å². The third-order valence-electron chi connectivity index (χ3n) is 2.43. The number of nitrogens with one attached hydrogen (secondary N) is 1. The van der Waals surface area contributed by atoms with Gasteiger partial charge in [-0.25, -0.2) is 8.78 Å². The molecule has 1 heterocycles. The van der Waals surface area contributed by atoms with Gasteiger partial charge in [-0.1, -0.05) is 0 Å². The lowest BCUT2D eigenvalue weighted by atomic mass is 10.3. The van der Waals surface area contributed by atoms with Gasteiger partial charge in [0.1, 0.15) is 11.8 Å². The SMILES string of the molecule is CCn1cc([N+](=O)[O-])cc1C(=O)NCC(O)C(F)F. The van der Waals surface area contributed by atoms with Gasteiger partial charge in [-0.15, -0.1) is 0 Å². The Hall–Kier alpha value is -2.03. The molecule has 0 radical (unpaired) electrons. The van der Waals surface area contributed by atoms with Gasteiger partial charge in [0.25, 0.3) is 18.0 Å². The number of rotatable bonds is 6. The van der Waals surface area contributed by atoms with E-state index < -0.39 is 29.9 Å². The summed E-state index contributed by atoms with van der Waals surface area (Å²) in [5, 5.41) is 21.5. The van der Waals surface area contributed by atoms with Crippen LogP contribution in [0, 0.1) is 10.1 Å². The molecule has 1 amide bonds. The van der Waals surface area contributed by atoms with Gasteiger partial charge in [-0.05, 0) is 6.92 Å². The molecule has 0 spiro atoms. The highest BCUT2D eigenvalue weighted by Gasteiger charge is 2.21. The van der Waals surface area contributed by atoms with Crippen LogP contribution in [-0.2, 0) is 6.54 Å². The van der Waals surface area contributed by atoms with E-state index in [-0.39, 0.29) is 11.4 Å². The lowest BCUT2D eigenvalue weighted by Gasteiger charge is -2.11. The molecular weight excluding hydrogens is 264 g/mol. The van der Waals surface area contributed by atoms with Gasteiger partial charge in [0.15, 0.2) is 0 Å². The maximum atomic E-state index is 12.0. The molecule has 0 aromatic carbocycles. The summed E-state index contributed by atoms with van der Waals surface area (Å²) in [6, 6.07) is 1.05. The van der Waals surface area contributed by atoms with Crippen molar-refractivity contribution in [3.8, 4) is 0 Å². The second-order valence-electron chi connectivity index (χ2n) is 3.74. The van der Waals surface area contributed by atoms with Gasteiger partial charge in [0.05, 0.1) is 11.1 Å². The van der Waals surface area contributed by atoms with E-state index in [9.17, 15) is 23.7 Å². The van der Waals surface area contributed by atoms with Crippen molar-refractivity contribution in [1.82, 2.24) is 9.88 Å². The molecule has 106 valence electrons. The zero-order valence-electron chi connectivity index (χ0n) is 10.0. The van der Waals surface area contributed by atoms with Crippen LogP contribution in [-0.4, -0.2) is 39.6 Å². The quantitative estimate of drug-likeness (QED) is 0.593. The first-order valence-corrected chi connectivity index (χ1v) is 5.45. The summed E-state index contributed by atoms with van der Waals surface area (Å²) in [7, 11) is 0. The molecule has 1 aromatic heterocycles. The van der Waals surface area contributed by atoms with Crippen molar-refractivity contribution in [3.63, 3.8) is 0 Å². The summed E-state index contributed by atoms with van der Waals surface area (Å²) in [5.74, 6) is -0.755. The molecule has 19 heavy (non-hydrogen) atoms. The van der Waals surface area contributed by atoms with E-state index in [4.69, 9.17) is 5.11 Å². The van der Waals surface area contributed by atoms with Crippen LogP contribution in [0.4, 0.5) is 14.5 Å². The zero-order valence-corrected chi connectivity index (χ0v) is 10.0. The molecule has 1 rings (SSSR count). The molecule has 0 fully saturated rings. The molecule has 7 nitrogen and oxygen atoms in total. The lowest BCUT2D eigenvalue weighted by Crippen LogP contribution is -2.36. The topological polar surface area (TPSA) is 97.4 Å². The maximum absolute atomic E-state index is 12.0. The van der Waals surface area contributed by atoms with Crippen LogP contribution in [0.5, 0.6) is 0 Å². The third-order valence-corrected chi connectivity index (χ3v) is 2.43. The minimum absolute atomic E-state index is 0.0179. The Labute approximate surface area is 107 Å². The van der Waals surface area contributed by atoms with Gasteiger partial charge in [0, 0.05) is 19.2 Å². The Morgan fingerprint density at radius 2 is 2.26 bits per heavy atom. The van der Waals surface area contributed by atoms with Crippen molar-refractivity contribution in [2.45, 2.75) is 26.0 Å². The summed E-state index contributed by atoms with van der Waals surface area (Å²) < 4.78 is 25.4. The summed E-state index contributed by atoms with van der Waals surface area (Å²) in [4.78, 5) is 21.6. The summed E-state index contributed by atoms with van der Waals surface area (Å²) in [6.45, 7) is 1.36. The van der Waals surface area contributed by atoms with Crippen molar-refractivity contribution in [3.05, 3.63) is 28.1 Å². The lowest BCUT2D eigenvalue weighted by molar-refractivity contribution is -0.384. The summed E-state index contributed by atoms with van der Waals surface area (Å²) in [6.07, 6.45) is -3.75. The van der Waals surface area contributed by atoms with E-state index in [0.29, 0.717) is 6.54 Å². The standard InChI is InChI=1S/C10H13F2N3O4/c1-2-14-5-6(15(18)19)3-7(14)10(17)13-4-8(16)9(11)12/h3,5,8-9,16H,2,4H2,1H3,(H,13,17). The molecule has 2 N–H and O–H groups in total. The molecule has 0 aliphatic carbocycles. The minimum atomic E-state index is -2.97. The first kappa shape index (κ1) is 15.0. The number of aromatic nitrogens is 1. The van der Waals surface area contributed by atoms with Crippen LogP contribution in [0.15, 0.2) is 12.3 Å². The van der Waals surface area contributed by atoms with E-state index in [1.54, 1.807) is 6.92 Å². The largest absolute Gasteiger partial charge is 0.385 e. The van der Waals surface area contributed by atoms with Crippen molar-refractivity contribution < 1.29 is 23.6 Å². The Balaban J connectivity index is 2.79. The molecule has 1 unspecified atom stereocenters. The number of halogens is 2. The van der Waals surface area contributed by atoms with Gasteiger partial charge in [-0.3, -0.25) is 14.9 Å². The van der Waals surface area contributed by atoms with Gasteiger partial charge < -0.3 is 15.0 Å². The smallest absolute Gasteiger partial charge is 0.287 e. The van der Waals surface area contributed by atoms with Crippen LogP contribution in [0.25, 0.3) is 0 Å². The highest BCUT2D eigenvalue weighted by atomic mass is 19.3. The van der Waals surface area contributed by atoms with Crippen LogP contribution < -0.4 is 5.32 Å². The highest BCUT2D eigenvalue weighted by molar-refractivity contribution is 5.93. The molecule has 9 heteroatoms. The van der Waals surface area contributed by atoms with Crippen LogP contribution in [0.2, 0.25) is 0 Å². The van der Waals surface area contributed by atoms with E-state index in [2.05, 4.69) is 5.32 Å². The van der Waals surface area contributed by atoms with E-state index in [0.717, 1.165) is 6.07 Å². The van der Waals surface area contributed by atoms with Crippen molar-refractivity contribution in [1.29, 1.82) is 0 Å². The number of alkyl halides is 2. The second-order valence-corrected chi connectivity index (χ2v) is 3.74. The predicted molar refractivity (Wildman–Crippen MR) is 61.1 cm³/mol. The fourth-order valence-corrected chi connectivity index (χ4v) is 1.42. The maximum Gasteiger partial charge on any atom is 0.287 e. The Bertz CT molecular complexity index is 475. The number of aliphatic hydroxyl groups is 1. The fourth-order valence-electron chi connectivity index (χ4n) is 1.42. The molecule has 0 aliphatic rings. The molecule has 0 saturated carbocycles. The Kier molecular flexibility index (Phi) is 4.93. The highest BCUT2D eigenvalue weighted by Crippen LogP contribution is 2.16. The summed E-state index contributed by atoms with van der Waals surface area (Å²) in [5.41, 5.74) is -0.280. The number of hydrogen-bond donors (Lipinski definition) is 2. The minimum Gasteiger partial charge on any atom is -0.385 e. The van der Waals surface area contributed by atoms with Gasteiger partial charge >= 0.3 is 0 Å². The molecular formula is C10H13F2N3O4. The van der Waals surface area contributed by atoms with Crippen LogP contribution >= 0.6 is 0 Å². The number of carbonyl (C=O) groups is 1. The number of hydrogen-bond acceptors (Lipinski definition) is 4. The fraction of sp³-hybridized carbons (Fsp3) is 0.500. The normalized spacial score (nSPS) is 12.5.